The zero-order valence-corrected chi connectivity index (χ0v) is 32.0. The fourth-order valence-electron chi connectivity index (χ4n) is 10.7. The number of allylic oxidation sites excluding steroid dienone is 17. The highest BCUT2D eigenvalue weighted by Gasteiger charge is 2.39. The molecule has 0 amide bonds. The molecule has 7 unspecified atom stereocenters. The minimum atomic E-state index is -0.220. The minimum absolute atomic E-state index is 0.220. The highest BCUT2D eigenvalue weighted by molar-refractivity contribution is 6.11. The van der Waals surface area contributed by atoms with E-state index in [4.69, 9.17) is 15.0 Å². The average molecular weight is 715 g/mol. The lowest BCUT2D eigenvalue weighted by molar-refractivity contribution is 0.173. The van der Waals surface area contributed by atoms with Crippen LogP contribution in [0.5, 0.6) is 0 Å². The lowest BCUT2D eigenvalue weighted by Crippen LogP contribution is -2.43. The van der Waals surface area contributed by atoms with Gasteiger partial charge in [-0.25, -0.2) is 9.98 Å². The number of hydrogen-bond donors (Lipinski definition) is 1. The molecule has 0 bridgehead atoms. The topological polar surface area (TPSA) is 49.1 Å². The van der Waals surface area contributed by atoms with Crippen molar-refractivity contribution in [1.29, 1.82) is 0 Å². The van der Waals surface area contributed by atoms with Gasteiger partial charge in [0.25, 0.3) is 0 Å². The van der Waals surface area contributed by atoms with Crippen molar-refractivity contribution >= 4 is 17.4 Å². The van der Waals surface area contributed by atoms with E-state index in [1.54, 1.807) is 5.57 Å². The van der Waals surface area contributed by atoms with E-state index in [0.29, 0.717) is 35.5 Å². The molecule has 6 aliphatic carbocycles. The minimum Gasteiger partial charge on any atom is -0.328 e. The number of aliphatic imine (C=N–C) groups is 3. The summed E-state index contributed by atoms with van der Waals surface area (Å²) in [6.07, 6.45) is 52.2. The Balaban J connectivity index is 0.962. The number of nitrogens with one attached hydrogen (secondary N) is 1. The van der Waals surface area contributed by atoms with Gasteiger partial charge in [0.05, 0.1) is 0 Å². The predicted molar refractivity (Wildman–Crippen MR) is 227 cm³/mol. The smallest absolute Gasteiger partial charge is 0.169 e. The molecule has 1 aromatic carbocycles. The predicted octanol–water partition coefficient (Wildman–Crippen LogP) is 11.8. The molecule has 8 aliphatic rings. The highest BCUT2D eigenvalue weighted by Crippen LogP contribution is 2.44. The SMILES string of the molecule is C1=CCCC(C2CCC(C3=NC(c4ccc(C5C=CC=CC5)cc4)N=C(C4=CC=CC(C5CN=C(C6C=CC=CC6)CC5C5CC=CCC5)C4)N3)CC2)=C1. The molecule has 0 radical (unpaired) electrons. The van der Waals surface area contributed by atoms with Gasteiger partial charge in [-0.2, -0.15) is 0 Å². The molecule has 4 heteroatoms. The van der Waals surface area contributed by atoms with Crippen LogP contribution in [-0.4, -0.2) is 23.9 Å². The van der Waals surface area contributed by atoms with Crippen LogP contribution in [0.3, 0.4) is 0 Å². The Morgan fingerprint density at radius 2 is 1.39 bits per heavy atom. The normalized spacial score (nSPS) is 34.7. The van der Waals surface area contributed by atoms with Crippen LogP contribution in [0.1, 0.15) is 107 Å². The van der Waals surface area contributed by atoms with Crippen LogP contribution >= 0.6 is 0 Å². The van der Waals surface area contributed by atoms with Crippen LogP contribution in [0.4, 0.5) is 0 Å². The van der Waals surface area contributed by atoms with Gasteiger partial charge < -0.3 is 5.32 Å². The van der Waals surface area contributed by atoms with E-state index >= 15 is 0 Å². The van der Waals surface area contributed by atoms with Gasteiger partial charge in [-0.15, -0.1) is 0 Å². The van der Waals surface area contributed by atoms with Gasteiger partial charge in [-0.3, -0.25) is 4.99 Å². The molecule has 9 rings (SSSR count). The first kappa shape index (κ1) is 35.4. The molecule has 1 N–H and O–H groups in total. The van der Waals surface area contributed by atoms with Gasteiger partial charge in [0, 0.05) is 30.0 Å². The molecule has 0 saturated heterocycles. The zero-order valence-electron chi connectivity index (χ0n) is 32.0. The van der Waals surface area contributed by atoms with Gasteiger partial charge in [0.15, 0.2) is 6.17 Å². The summed E-state index contributed by atoms with van der Waals surface area (Å²) in [6, 6.07) is 9.19. The Hall–Kier alpha value is -4.31. The third-order valence-corrected chi connectivity index (χ3v) is 13.9. The summed E-state index contributed by atoms with van der Waals surface area (Å²) in [5.41, 5.74) is 7.00. The summed E-state index contributed by atoms with van der Waals surface area (Å²) >= 11 is 0. The van der Waals surface area contributed by atoms with E-state index in [-0.39, 0.29) is 6.17 Å². The van der Waals surface area contributed by atoms with Crippen LogP contribution in [0.25, 0.3) is 0 Å². The number of benzene rings is 1. The second-order valence-corrected chi connectivity index (χ2v) is 17.1. The maximum Gasteiger partial charge on any atom is 0.169 e. The first-order valence-corrected chi connectivity index (χ1v) is 21.4. The molecular weight excluding hydrogens is 657 g/mol. The molecule has 0 aromatic heterocycles. The standard InChI is InChI=1S/C50H58N4/c1-5-14-35(15-6-1)37-24-28-41(29-25-37)48-52-49(42-30-26-38(27-31-42)36-16-7-2-8-17-36)54-50(53-48)44-23-13-22-43(32-44)46-34-51-47(40-20-11-4-12-21-40)33-45(46)39-18-9-3-10-19-39/h1-7,9,11-14,16,20,22-25,28-29,35,38-40,42-43,45-46,48H,8,10,15,17-19,21,26-27,30-34H2,(H,52,53,54). The number of rotatable bonds is 8. The third-order valence-electron chi connectivity index (χ3n) is 13.9. The molecular formula is C50H58N4. The molecule has 4 nitrogen and oxygen atoms in total. The van der Waals surface area contributed by atoms with E-state index in [0.717, 1.165) is 55.7 Å². The first-order chi connectivity index (χ1) is 26.7. The Kier molecular flexibility index (Phi) is 10.9. The first-order valence-electron chi connectivity index (χ1n) is 21.4. The monoisotopic (exact) mass is 714 g/mol. The maximum absolute atomic E-state index is 5.44. The summed E-state index contributed by atoms with van der Waals surface area (Å²) in [5, 5.41) is 3.90. The highest BCUT2D eigenvalue weighted by atomic mass is 15.2. The second kappa shape index (κ2) is 16.6. The summed E-state index contributed by atoms with van der Waals surface area (Å²) in [7, 11) is 0. The summed E-state index contributed by atoms with van der Waals surface area (Å²) in [5.74, 6) is 6.71. The Morgan fingerprint density at radius 1 is 0.593 bits per heavy atom. The van der Waals surface area contributed by atoms with Gasteiger partial charge in [0.2, 0.25) is 0 Å². The number of hydrogen-bond acceptors (Lipinski definition) is 4. The Bertz CT molecular complexity index is 1900. The second-order valence-electron chi connectivity index (χ2n) is 17.1. The molecule has 7 atom stereocenters. The van der Waals surface area contributed by atoms with Crippen LogP contribution in [0.2, 0.25) is 0 Å². The summed E-state index contributed by atoms with van der Waals surface area (Å²) in [6.45, 7) is 0.944. The van der Waals surface area contributed by atoms with Crippen molar-refractivity contribution in [3.8, 4) is 0 Å². The van der Waals surface area contributed by atoms with Crippen molar-refractivity contribution in [2.45, 2.75) is 95.6 Å². The third kappa shape index (κ3) is 7.90. The van der Waals surface area contributed by atoms with Crippen molar-refractivity contribution in [2.24, 2.45) is 56.4 Å². The van der Waals surface area contributed by atoms with E-state index in [9.17, 15) is 0 Å². The summed E-state index contributed by atoms with van der Waals surface area (Å²) < 4.78 is 0. The molecule has 0 spiro atoms. The van der Waals surface area contributed by atoms with E-state index < -0.39 is 0 Å². The number of amidine groups is 2. The quantitative estimate of drug-likeness (QED) is 0.268. The Labute approximate surface area is 323 Å². The Morgan fingerprint density at radius 3 is 2.13 bits per heavy atom. The maximum atomic E-state index is 5.44. The number of nitrogens with zero attached hydrogens (tertiary/aromatic N) is 3. The van der Waals surface area contributed by atoms with Gasteiger partial charge in [0.1, 0.15) is 11.7 Å². The molecule has 54 heavy (non-hydrogen) atoms. The molecule has 278 valence electrons. The fraction of sp³-hybridized carbons (Fsp3) is 0.460. The van der Waals surface area contributed by atoms with Crippen molar-refractivity contribution < 1.29 is 0 Å². The summed E-state index contributed by atoms with van der Waals surface area (Å²) in [4.78, 5) is 16.2. The molecule has 1 fully saturated rings. The van der Waals surface area contributed by atoms with Gasteiger partial charge in [-0.05, 0) is 130 Å². The van der Waals surface area contributed by atoms with E-state index in [2.05, 4.69) is 127 Å². The van der Waals surface area contributed by atoms with Crippen LogP contribution in [0, 0.1) is 41.4 Å². The average Bonchev–Trinajstić information content (AvgIpc) is 3.27. The molecule has 1 saturated carbocycles. The van der Waals surface area contributed by atoms with Crippen LogP contribution in [-0.2, 0) is 0 Å². The molecule has 2 aliphatic heterocycles. The van der Waals surface area contributed by atoms with Crippen LogP contribution in [0.15, 0.2) is 148 Å². The molecule has 2 heterocycles. The van der Waals surface area contributed by atoms with Crippen molar-refractivity contribution in [2.75, 3.05) is 6.54 Å². The van der Waals surface area contributed by atoms with Gasteiger partial charge >= 0.3 is 0 Å². The van der Waals surface area contributed by atoms with E-state index in [1.165, 1.54) is 80.2 Å². The van der Waals surface area contributed by atoms with Crippen molar-refractivity contribution in [3.63, 3.8) is 0 Å². The van der Waals surface area contributed by atoms with E-state index in [1.807, 2.05) is 0 Å². The largest absolute Gasteiger partial charge is 0.328 e. The lowest BCUT2D eigenvalue weighted by atomic mass is 9.65. The molecule has 1 aromatic rings. The van der Waals surface area contributed by atoms with Gasteiger partial charge in [-0.1, -0.05) is 127 Å². The zero-order chi connectivity index (χ0) is 36.1. The van der Waals surface area contributed by atoms with Crippen molar-refractivity contribution in [3.05, 3.63) is 144 Å². The fourth-order valence-corrected chi connectivity index (χ4v) is 10.7. The van der Waals surface area contributed by atoms with Crippen molar-refractivity contribution in [1.82, 2.24) is 5.32 Å². The lowest BCUT2D eigenvalue weighted by Gasteiger charge is -2.42. The van der Waals surface area contributed by atoms with Crippen LogP contribution < -0.4 is 5.32 Å².